The van der Waals surface area contributed by atoms with Gasteiger partial charge in [-0.2, -0.15) is 0 Å². The summed E-state index contributed by atoms with van der Waals surface area (Å²) in [6.45, 7) is 1.37. The number of piperidine rings is 1. The first-order valence-corrected chi connectivity index (χ1v) is 6.75. The van der Waals surface area contributed by atoms with Crippen molar-refractivity contribution in [3.63, 3.8) is 0 Å². The molecule has 2 rings (SSSR count). The molecule has 0 bridgehead atoms. The minimum atomic E-state index is -0.0357. The number of carbonyl (C=O) groups is 1. The minimum absolute atomic E-state index is 0. The SMILES string of the molecule is Cl.NC1CCCN(C(=O)c2cccc(Br)c2Cl)C1. The molecular formula is C12H15BrCl2N2O. The molecule has 1 heterocycles. The second-order valence-corrected chi connectivity index (χ2v) is 5.49. The van der Waals surface area contributed by atoms with E-state index in [1.165, 1.54) is 0 Å². The van der Waals surface area contributed by atoms with Crippen LogP contribution in [0.15, 0.2) is 22.7 Å². The zero-order valence-corrected chi connectivity index (χ0v) is 12.9. The van der Waals surface area contributed by atoms with Crippen LogP contribution in [0.1, 0.15) is 23.2 Å². The molecule has 0 spiro atoms. The molecule has 0 saturated carbocycles. The van der Waals surface area contributed by atoms with Crippen LogP contribution in [0, 0.1) is 0 Å². The number of benzene rings is 1. The fourth-order valence-corrected chi connectivity index (χ4v) is 2.61. The van der Waals surface area contributed by atoms with Gasteiger partial charge in [0.25, 0.3) is 5.91 Å². The largest absolute Gasteiger partial charge is 0.337 e. The molecule has 0 aliphatic carbocycles. The summed E-state index contributed by atoms with van der Waals surface area (Å²) in [5.41, 5.74) is 6.41. The van der Waals surface area contributed by atoms with E-state index in [0.717, 1.165) is 23.9 Å². The van der Waals surface area contributed by atoms with Crippen LogP contribution in [-0.4, -0.2) is 29.9 Å². The lowest BCUT2D eigenvalue weighted by molar-refractivity contribution is 0.0709. The van der Waals surface area contributed by atoms with Crippen molar-refractivity contribution in [3.8, 4) is 0 Å². The first-order chi connectivity index (χ1) is 8.09. The lowest BCUT2D eigenvalue weighted by atomic mass is 10.1. The number of carbonyl (C=O) groups excluding carboxylic acids is 1. The number of hydrogen-bond donors (Lipinski definition) is 1. The van der Waals surface area contributed by atoms with E-state index in [1.54, 1.807) is 11.0 Å². The Kier molecular flexibility index (Phi) is 5.92. The van der Waals surface area contributed by atoms with Gasteiger partial charge in [0.05, 0.1) is 10.6 Å². The highest BCUT2D eigenvalue weighted by Crippen LogP contribution is 2.27. The fraction of sp³-hybridized carbons (Fsp3) is 0.417. The zero-order chi connectivity index (χ0) is 12.4. The van der Waals surface area contributed by atoms with Gasteiger partial charge in [-0.3, -0.25) is 4.79 Å². The van der Waals surface area contributed by atoms with E-state index in [2.05, 4.69) is 15.9 Å². The molecule has 1 amide bonds. The summed E-state index contributed by atoms with van der Waals surface area (Å²) in [6.07, 6.45) is 1.94. The van der Waals surface area contributed by atoms with E-state index in [4.69, 9.17) is 17.3 Å². The number of rotatable bonds is 1. The van der Waals surface area contributed by atoms with Crippen molar-refractivity contribution in [1.82, 2.24) is 4.90 Å². The summed E-state index contributed by atoms with van der Waals surface area (Å²) in [4.78, 5) is 14.1. The number of nitrogens with zero attached hydrogens (tertiary/aromatic N) is 1. The van der Waals surface area contributed by atoms with Crippen LogP contribution in [0.25, 0.3) is 0 Å². The lowest BCUT2D eigenvalue weighted by Crippen LogP contribution is -2.45. The van der Waals surface area contributed by atoms with Crippen LogP contribution in [0.4, 0.5) is 0 Å². The molecule has 2 N–H and O–H groups in total. The Morgan fingerprint density at radius 2 is 2.22 bits per heavy atom. The van der Waals surface area contributed by atoms with E-state index < -0.39 is 0 Å². The van der Waals surface area contributed by atoms with Gasteiger partial charge in [0.1, 0.15) is 0 Å². The standard InChI is InChI=1S/C12H14BrClN2O.ClH/c13-10-5-1-4-9(11(10)14)12(17)16-6-2-3-8(15)7-16;/h1,4-5,8H,2-3,6-7,15H2;1H. The van der Waals surface area contributed by atoms with Crippen molar-refractivity contribution in [2.45, 2.75) is 18.9 Å². The molecule has 1 aromatic carbocycles. The van der Waals surface area contributed by atoms with Crippen molar-refractivity contribution in [1.29, 1.82) is 0 Å². The normalized spacial score (nSPS) is 19.3. The van der Waals surface area contributed by atoms with Crippen LogP contribution < -0.4 is 5.73 Å². The smallest absolute Gasteiger partial charge is 0.255 e. The van der Waals surface area contributed by atoms with E-state index >= 15 is 0 Å². The average molecular weight is 354 g/mol. The molecule has 1 fully saturated rings. The molecule has 0 radical (unpaired) electrons. The minimum Gasteiger partial charge on any atom is -0.337 e. The van der Waals surface area contributed by atoms with Gasteiger partial charge in [-0.1, -0.05) is 17.7 Å². The Morgan fingerprint density at radius 1 is 1.50 bits per heavy atom. The van der Waals surface area contributed by atoms with Gasteiger partial charge in [-0.15, -0.1) is 12.4 Å². The maximum Gasteiger partial charge on any atom is 0.255 e. The van der Waals surface area contributed by atoms with E-state index in [9.17, 15) is 4.79 Å². The maximum absolute atomic E-state index is 12.3. The lowest BCUT2D eigenvalue weighted by Gasteiger charge is -2.31. The van der Waals surface area contributed by atoms with Crippen LogP contribution in [0.2, 0.25) is 5.02 Å². The van der Waals surface area contributed by atoms with Crippen LogP contribution >= 0.6 is 39.9 Å². The third-order valence-corrected chi connectivity index (χ3v) is 4.22. The summed E-state index contributed by atoms with van der Waals surface area (Å²) < 4.78 is 0.742. The van der Waals surface area contributed by atoms with Gasteiger partial charge in [-0.05, 0) is 40.9 Å². The number of halogens is 3. The molecule has 1 aromatic rings. The van der Waals surface area contributed by atoms with Crippen molar-refractivity contribution < 1.29 is 4.79 Å². The average Bonchev–Trinajstić information content (AvgIpc) is 2.32. The van der Waals surface area contributed by atoms with Crippen molar-refractivity contribution >= 4 is 45.8 Å². The highest BCUT2D eigenvalue weighted by atomic mass is 79.9. The summed E-state index contributed by atoms with van der Waals surface area (Å²) >= 11 is 9.44. The summed E-state index contributed by atoms with van der Waals surface area (Å²) in [7, 11) is 0. The monoisotopic (exact) mass is 352 g/mol. The van der Waals surface area contributed by atoms with Gasteiger partial charge >= 0.3 is 0 Å². The molecule has 1 unspecified atom stereocenters. The highest BCUT2D eigenvalue weighted by Gasteiger charge is 2.24. The number of amides is 1. The fourth-order valence-electron chi connectivity index (χ4n) is 2.03. The maximum atomic E-state index is 12.3. The predicted octanol–water partition coefficient (Wildman–Crippen LogP) is 3.09. The Morgan fingerprint density at radius 3 is 2.89 bits per heavy atom. The van der Waals surface area contributed by atoms with E-state index in [-0.39, 0.29) is 24.4 Å². The van der Waals surface area contributed by atoms with Gasteiger partial charge in [0, 0.05) is 23.6 Å². The van der Waals surface area contributed by atoms with Crippen LogP contribution in [0.3, 0.4) is 0 Å². The van der Waals surface area contributed by atoms with Crippen molar-refractivity contribution in [2.75, 3.05) is 13.1 Å². The highest BCUT2D eigenvalue weighted by molar-refractivity contribution is 9.10. The summed E-state index contributed by atoms with van der Waals surface area (Å²) in [6, 6.07) is 5.46. The van der Waals surface area contributed by atoms with Crippen LogP contribution in [-0.2, 0) is 0 Å². The summed E-state index contributed by atoms with van der Waals surface area (Å²) in [5.74, 6) is -0.0357. The Labute approximate surface area is 126 Å². The zero-order valence-electron chi connectivity index (χ0n) is 9.73. The van der Waals surface area contributed by atoms with Crippen molar-refractivity contribution in [3.05, 3.63) is 33.3 Å². The van der Waals surface area contributed by atoms with Gasteiger partial charge in [-0.25, -0.2) is 0 Å². The Balaban J connectivity index is 0.00000162. The predicted molar refractivity (Wildman–Crippen MR) is 79.5 cm³/mol. The molecule has 3 nitrogen and oxygen atoms in total. The molecular weight excluding hydrogens is 339 g/mol. The molecule has 18 heavy (non-hydrogen) atoms. The first-order valence-electron chi connectivity index (χ1n) is 5.58. The molecule has 1 atom stereocenters. The topological polar surface area (TPSA) is 46.3 Å². The quantitative estimate of drug-likeness (QED) is 0.843. The molecule has 6 heteroatoms. The van der Waals surface area contributed by atoms with Gasteiger partial charge in [0.15, 0.2) is 0 Å². The van der Waals surface area contributed by atoms with Crippen molar-refractivity contribution in [2.24, 2.45) is 5.73 Å². The number of nitrogens with two attached hydrogens (primary N) is 1. The molecule has 100 valence electrons. The number of hydrogen-bond acceptors (Lipinski definition) is 2. The second kappa shape index (κ2) is 6.75. The molecule has 1 saturated heterocycles. The molecule has 0 aromatic heterocycles. The Bertz CT molecular complexity index is 442. The van der Waals surface area contributed by atoms with Gasteiger partial charge in [0.2, 0.25) is 0 Å². The number of likely N-dealkylation sites (tertiary alicyclic amines) is 1. The third kappa shape index (κ3) is 3.38. The molecule has 1 aliphatic rings. The third-order valence-electron chi connectivity index (χ3n) is 2.93. The Hall–Kier alpha value is -0.290. The second-order valence-electron chi connectivity index (χ2n) is 4.25. The summed E-state index contributed by atoms with van der Waals surface area (Å²) in [5, 5.41) is 0.469. The van der Waals surface area contributed by atoms with E-state index in [0.29, 0.717) is 17.1 Å². The molecule has 1 aliphatic heterocycles. The first kappa shape index (κ1) is 15.8. The van der Waals surface area contributed by atoms with E-state index in [1.807, 2.05) is 12.1 Å². The van der Waals surface area contributed by atoms with Crippen LogP contribution in [0.5, 0.6) is 0 Å². The van der Waals surface area contributed by atoms with Gasteiger partial charge < -0.3 is 10.6 Å².